The molecule has 2 N–H and O–H groups in total. The number of pyridine rings is 1. The molecule has 4 aromatic rings. The number of nitrogens with one attached hydrogen (secondary N) is 1. The van der Waals surface area contributed by atoms with Crippen molar-refractivity contribution in [3.8, 4) is 22.6 Å². The SMILES string of the molecule is O=NC[C@H](NCc1cc(Cl)c(OCc2cccc(-c3ccccc3)c2Br)cc1OCc1cccnc1)C(=O)O. The Morgan fingerprint density at radius 3 is 2.51 bits per heavy atom. The number of carboxylic acids is 1. The fraction of sp³-hybridized carbons (Fsp3) is 0.172. The van der Waals surface area contributed by atoms with Gasteiger partial charge in [0.1, 0.15) is 37.3 Å². The summed E-state index contributed by atoms with van der Waals surface area (Å²) < 4.78 is 13.1. The molecule has 0 aliphatic rings. The molecule has 0 radical (unpaired) electrons. The maximum Gasteiger partial charge on any atom is 0.322 e. The molecule has 0 unspecified atom stereocenters. The Bertz CT molecular complexity index is 1420. The van der Waals surface area contributed by atoms with Gasteiger partial charge in [0.05, 0.1) is 5.02 Å². The van der Waals surface area contributed by atoms with Gasteiger partial charge in [-0.3, -0.25) is 15.1 Å². The van der Waals surface area contributed by atoms with Gasteiger partial charge < -0.3 is 14.6 Å². The van der Waals surface area contributed by atoms with Crippen LogP contribution >= 0.6 is 27.5 Å². The molecular formula is C29H25BrClN3O5. The zero-order valence-corrected chi connectivity index (χ0v) is 23.1. The Balaban J connectivity index is 1.56. The first-order chi connectivity index (χ1) is 19.0. The second-order valence-corrected chi connectivity index (χ2v) is 9.76. The van der Waals surface area contributed by atoms with E-state index in [1.54, 1.807) is 24.5 Å². The molecule has 8 nitrogen and oxygen atoms in total. The molecule has 0 aliphatic carbocycles. The van der Waals surface area contributed by atoms with Crippen molar-refractivity contribution < 1.29 is 19.4 Å². The van der Waals surface area contributed by atoms with Crippen molar-refractivity contribution in [2.75, 3.05) is 6.54 Å². The highest BCUT2D eigenvalue weighted by atomic mass is 79.9. The van der Waals surface area contributed by atoms with Gasteiger partial charge in [0.2, 0.25) is 0 Å². The lowest BCUT2D eigenvalue weighted by Crippen LogP contribution is -2.38. The van der Waals surface area contributed by atoms with Crippen LogP contribution in [0.25, 0.3) is 11.1 Å². The minimum absolute atomic E-state index is 0.0829. The van der Waals surface area contributed by atoms with E-state index in [-0.39, 0.29) is 19.8 Å². The number of benzene rings is 3. The first-order valence-electron chi connectivity index (χ1n) is 12.0. The summed E-state index contributed by atoms with van der Waals surface area (Å²) in [5.74, 6) is -0.323. The molecular weight excluding hydrogens is 586 g/mol. The van der Waals surface area contributed by atoms with Crippen molar-refractivity contribution in [1.29, 1.82) is 0 Å². The van der Waals surface area contributed by atoms with Crippen LogP contribution in [0.1, 0.15) is 16.7 Å². The minimum Gasteiger partial charge on any atom is -0.488 e. The quantitative estimate of drug-likeness (QED) is 0.164. The van der Waals surface area contributed by atoms with Crippen LogP contribution in [0.5, 0.6) is 11.5 Å². The van der Waals surface area contributed by atoms with Crippen molar-refractivity contribution in [2.45, 2.75) is 25.8 Å². The molecule has 0 bridgehead atoms. The Kier molecular flexibility index (Phi) is 10.0. The van der Waals surface area contributed by atoms with Crippen LogP contribution in [-0.4, -0.2) is 28.6 Å². The average Bonchev–Trinajstić information content (AvgIpc) is 2.95. The molecule has 4 rings (SSSR count). The van der Waals surface area contributed by atoms with E-state index in [2.05, 4.69) is 31.4 Å². The number of hydrogen-bond acceptors (Lipinski definition) is 7. The minimum atomic E-state index is -1.18. The lowest BCUT2D eigenvalue weighted by molar-refractivity contribution is -0.139. The van der Waals surface area contributed by atoms with E-state index >= 15 is 0 Å². The van der Waals surface area contributed by atoms with Crippen molar-refractivity contribution in [1.82, 2.24) is 10.3 Å². The molecule has 0 spiro atoms. The predicted octanol–water partition coefficient (Wildman–Crippen LogP) is 6.63. The van der Waals surface area contributed by atoms with Crippen molar-refractivity contribution in [3.63, 3.8) is 0 Å². The van der Waals surface area contributed by atoms with Crippen LogP contribution in [0.4, 0.5) is 0 Å². The van der Waals surface area contributed by atoms with E-state index in [0.29, 0.717) is 22.1 Å². The van der Waals surface area contributed by atoms with Crippen molar-refractivity contribution in [3.05, 3.63) is 116 Å². The first kappa shape index (κ1) is 28.2. The molecule has 0 aliphatic heterocycles. The summed E-state index contributed by atoms with van der Waals surface area (Å²) in [5, 5.41) is 15.2. The number of halogens is 2. The van der Waals surface area contributed by atoms with Gasteiger partial charge in [-0.25, -0.2) is 0 Å². The standard InChI is InChI=1S/C29H25BrClN3O5/c30-28-21(9-4-10-23(28)20-7-2-1-3-8-20)18-39-27-13-26(38-17-19-6-5-11-32-14-19)22(12-24(27)31)15-33-25(16-34-37)29(35)36/h1-14,25,33H,15-18H2,(H,35,36)/t25-/m0/s1. The molecule has 0 saturated carbocycles. The number of aliphatic carboxylic acids is 1. The van der Waals surface area contributed by atoms with Gasteiger partial charge in [0.25, 0.3) is 0 Å². The molecule has 0 fully saturated rings. The Hall–Kier alpha value is -3.79. The summed E-state index contributed by atoms with van der Waals surface area (Å²) in [7, 11) is 0. The highest BCUT2D eigenvalue weighted by Gasteiger charge is 2.19. The molecule has 1 heterocycles. The normalized spacial score (nSPS) is 11.5. The summed E-state index contributed by atoms with van der Waals surface area (Å²) in [5.41, 5.74) is 4.51. The first-order valence-corrected chi connectivity index (χ1v) is 13.2. The van der Waals surface area contributed by atoms with Gasteiger partial charge in [-0.05, 0) is 39.2 Å². The Labute approximate surface area is 239 Å². The fourth-order valence-corrected chi connectivity index (χ4v) is 4.68. The van der Waals surface area contributed by atoms with Crippen LogP contribution in [0, 0.1) is 4.91 Å². The number of nitroso groups, excluding NO2 is 1. The monoisotopic (exact) mass is 609 g/mol. The van der Waals surface area contributed by atoms with E-state index in [0.717, 1.165) is 26.7 Å². The number of carbonyl (C=O) groups is 1. The summed E-state index contributed by atoms with van der Waals surface area (Å²) in [4.78, 5) is 26.2. The van der Waals surface area contributed by atoms with Crippen LogP contribution in [-0.2, 0) is 24.6 Å². The molecule has 3 aromatic carbocycles. The smallest absolute Gasteiger partial charge is 0.322 e. The topological polar surface area (TPSA) is 110 Å². The van der Waals surface area contributed by atoms with Crippen LogP contribution < -0.4 is 14.8 Å². The van der Waals surface area contributed by atoms with Gasteiger partial charge >= 0.3 is 5.97 Å². The summed E-state index contributed by atoms with van der Waals surface area (Å²) in [6.07, 6.45) is 3.36. The predicted molar refractivity (Wildman–Crippen MR) is 153 cm³/mol. The lowest BCUT2D eigenvalue weighted by atomic mass is 10.0. The van der Waals surface area contributed by atoms with E-state index in [1.165, 1.54) is 0 Å². The lowest BCUT2D eigenvalue weighted by Gasteiger charge is -2.18. The number of hydrogen-bond donors (Lipinski definition) is 2. The highest BCUT2D eigenvalue weighted by Crippen LogP contribution is 2.36. The number of rotatable bonds is 13. The van der Waals surface area contributed by atoms with Gasteiger partial charge in [0.15, 0.2) is 0 Å². The largest absolute Gasteiger partial charge is 0.488 e. The molecule has 200 valence electrons. The van der Waals surface area contributed by atoms with E-state index < -0.39 is 18.6 Å². The third kappa shape index (κ3) is 7.63. The van der Waals surface area contributed by atoms with E-state index in [9.17, 15) is 14.8 Å². The van der Waals surface area contributed by atoms with Gasteiger partial charge in [-0.1, -0.05) is 71.4 Å². The number of carboxylic acid groups (broad SMARTS) is 1. The second kappa shape index (κ2) is 13.8. The van der Waals surface area contributed by atoms with E-state index in [1.807, 2.05) is 60.7 Å². The second-order valence-electron chi connectivity index (χ2n) is 8.56. The molecule has 0 saturated heterocycles. The molecule has 1 atom stereocenters. The van der Waals surface area contributed by atoms with E-state index in [4.69, 9.17) is 21.1 Å². The van der Waals surface area contributed by atoms with Gasteiger partial charge in [-0.2, -0.15) is 4.91 Å². The Morgan fingerprint density at radius 2 is 1.79 bits per heavy atom. The summed E-state index contributed by atoms with van der Waals surface area (Å²) in [6.45, 7) is 0.143. The highest BCUT2D eigenvalue weighted by molar-refractivity contribution is 9.10. The van der Waals surface area contributed by atoms with Crippen LogP contribution in [0.15, 0.2) is 94.8 Å². The third-order valence-electron chi connectivity index (χ3n) is 5.87. The van der Waals surface area contributed by atoms with Crippen LogP contribution in [0.3, 0.4) is 0 Å². The van der Waals surface area contributed by atoms with Crippen molar-refractivity contribution in [2.24, 2.45) is 5.18 Å². The van der Waals surface area contributed by atoms with Crippen LogP contribution in [0.2, 0.25) is 5.02 Å². The number of nitrogens with zero attached hydrogens (tertiary/aromatic N) is 2. The maximum atomic E-state index is 11.4. The molecule has 10 heteroatoms. The molecule has 0 amide bonds. The third-order valence-corrected chi connectivity index (χ3v) is 7.10. The van der Waals surface area contributed by atoms with Gasteiger partial charge in [0, 0.05) is 46.2 Å². The molecule has 39 heavy (non-hydrogen) atoms. The average molecular weight is 611 g/mol. The number of ether oxygens (including phenoxy) is 2. The zero-order valence-electron chi connectivity index (χ0n) is 20.7. The Morgan fingerprint density at radius 1 is 1.00 bits per heavy atom. The maximum absolute atomic E-state index is 11.4. The van der Waals surface area contributed by atoms with Gasteiger partial charge in [-0.15, -0.1) is 0 Å². The number of aromatic nitrogens is 1. The summed E-state index contributed by atoms with van der Waals surface area (Å²) >= 11 is 10.3. The fourth-order valence-electron chi connectivity index (χ4n) is 3.83. The summed E-state index contributed by atoms with van der Waals surface area (Å²) in [6, 6.07) is 21.9. The molecule has 1 aromatic heterocycles. The zero-order chi connectivity index (χ0) is 27.6. The van der Waals surface area contributed by atoms with Crippen molar-refractivity contribution >= 4 is 33.5 Å².